The Labute approximate surface area is 189 Å². The van der Waals surface area contributed by atoms with Crippen LogP contribution >= 0.6 is 0 Å². The van der Waals surface area contributed by atoms with Gasteiger partial charge in [-0.3, -0.25) is 0 Å². The number of fused-ring (bicyclic) bond motifs is 5. The summed E-state index contributed by atoms with van der Waals surface area (Å²) < 4.78 is 0. The lowest BCUT2D eigenvalue weighted by Crippen LogP contribution is -2.57. The molecule has 0 aliphatic heterocycles. The van der Waals surface area contributed by atoms with Crippen molar-refractivity contribution >= 4 is 0 Å². The molecule has 5 unspecified atom stereocenters. The lowest BCUT2D eigenvalue weighted by Gasteiger charge is -2.65. The molecule has 0 bridgehead atoms. The molecule has 0 heteroatoms. The highest BCUT2D eigenvalue weighted by molar-refractivity contribution is 5.12. The molecular weight excluding hydrogens is 360 g/mol. The molecule has 0 nitrogen and oxygen atoms in total. The lowest BCUT2D eigenvalue weighted by atomic mass is 9.39. The van der Waals surface area contributed by atoms with Crippen LogP contribution in [0.3, 0.4) is 0 Å². The summed E-state index contributed by atoms with van der Waals surface area (Å²) >= 11 is 0. The fourth-order valence-electron chi connectivity index (χ4n) is 10.5. The van der Waals surface area contributed by atoms with Crippen LogP contribution in [0.4, 0.5) is 0 Å². The second-order valence-electron chi connectivity index (χ2n) is 13.4. The average Bonchev–Trinajstić information content (AvgIpc) is 3.08. The second-order valence-corrected chi connectivity index (χ2v) is 13.4. The predicted molar refractivity (Wildman–Crippen MR) is 132 cm³/mol. The van der Waals surface area contributed by atoms with Gasteiger partial charge >= 0.3 is 0 Å². The maximum Gasteiger partial charge on any atom is -0.0238 e. The van der Waals surface area contributed by atoms with Crippen molar-refractivity contribution in [2.75, 3.05) is 0 Å². The van der Waals surface area contributed by atoms with Gasteiger partial charge in [0, 0.05) is 0 Å². The zero-order valence-electron chi connectivity index (χ0n) is 21.6. The minimum atomic E-state index is 0.657. The van der Waals surface area contributed by atoms with Crippen LogP contribution in [0, 0.1) is 51.8 Å². The second kappa shape index (κ2) is 8.74. The quantitative estimate of drug-likeness (QED) is 0.389. The van der Waals surface area contributed by atoms with Crippen molar-refractivity contribution in [3.8, 4) is 0 Å². The summed E-state index contributed by atoms with van der Waals surface area (Å²) in [5.41, 5.74) is 2.02. The van der Waals surface area contributed by atoms with Gasteiger partial charge in [0.1, 0.15) is 0 Å². The normalized spacial score (nSPS) is 46.9. The van der Waals surface area contributed by atoms with Crippen molar-refractivity contribution in [2.45, 2.75) is 138 Å². The van der Waals surface area contributed by atoms with E-state index in [1.807, 2.05) is 0 Å². The van der Waals surface area contributed by atoms with Gasteiger partial charge < -0.3 is 0 Å². The molecule has 4 aliphatic carbocycles. The van der Waals surface area contributed by atoms with E-state index in [2.05, 4.69) is 41.5 Å². The topological polar surface area (TPSA) is 0 Å². The van der Waals surface area contributed by atoms with Gasteiger partial charge in [0.15, 0.2) is 0 Å². The summed E-state index contributed by atoms with van der Waals surface area (Å²) in [6, 6.07) is 0. The highest BCUT2D eigenvalue weighted by Gasteiger charge is 2.63. The van der Waals surface area contributed by atoms with Gasteiger partial charge in [-0.25, -0.2) is 0 Å². The fraction of sp³-hybridized carbons (Fsp3) is 1.00. The monoisotopic (exact) mass is 414 g/mol. The minimum Gasteiger partial charge on any atom is -0.0651 e. The zero-order valence-corrected chi connectivity index (χ0v) is 21.6. The minimum absolute atomic E-state index is 0.657. The molecule has 30 heavy (non-hydrogen) atoms. The Balaban J connectivity index is 1.52. The molecule has 0 saturated heterocycles. The molecule has 0 spiro atoms. The van der Waals surface area contributed by atoms with Crippen molar-refractivity contribution in [3.05, 3.63) is 0 Å². The standard InChI is InChI=1S/C30H54/c1-7-23(13-11-12-22(3)4)25-14-15-26-24-16-21-30(8-2)19-10-9-18-29(30,6)27(24)17-20-28(25,26)5/h22-27H,7-21H2,1-6H3/t23?,24?,25-,26?,27?,28-,29?,30-/m1/s1. The van der Waals surface area contributed by atoms with E-state index in [-0.39, 0.29) is 0 Å². The van der Waals surface area contributed by atoms with Crippen molar-refractivity contribution in [1.82, 2.24) is 0 Å². The SMILES string of the molecule is CCC(CCCC(C)C)[C@H]1CCC2C3CC[C@@]4(CC)CCCCC4(C)C3CC[C@@]21C. The van der Waals surface area contributed by atoms with Crippen molar-refractivity contribution in [2.24, 2.45) is 51.8 Å². The van der Waals surface area contributed by atoms with E-state index in [1.54, 1.807) is 51.4 Å². The first-order valence-corrected chi connectivity index (χ1v) is 14.3. The van der Waals surface area contributed by atoms with Crippen LogP contribution in [0.5, 0.6) is 0 Å². The van der Waals surface area contributed by atoms with E-state index in [4.69, 9.17) is 0 Å². The molecule has 4 rings (SSSR count). The molecule has 0 amide bonds. The van der Waals surface area contributed by atoms with Crippen LogP contribution in [-0.2, 0) is 0 Å². The van der Waals surface area contributed by atoms with Gasteiger partial charge in [-0.2, -0.15) is 0 Å². The zero-order chi connectivity index (χ0) is 21.6. The Morgan fingerprint density at radius 2 is 1.57 bits per heavy atom. The molecule has 4 saturated carbocycles. The van der Waals surface area contributed by atoms with Crippen LogP contribution in [0.1, 0.15) is 138 Å². The van der Waals surface area contributed by atoms with Gasteiger partial charge in [0.25, 0.3) is 0 Å². The number of rotatable bonds is 7. The van der Waals surface area contributed by atoms with Gasteiger partial charge in [0.05, 0.1) is 0 Å². The first-order valence-electron chi connectivity index (χ1n) is 14.3. The first kappa shape index (κ1) is 23.2. The first-order chi connectivity index (χ1) is 14.3. The predicted octanol–water partition coefficient (Wildman–Crippen LogP) is 9.67. The van der Waals surface area contributed by atoms with Crippen molar-refractivity contribution in [1.29, 1.82) is 0 Å². The van der Waals surface area contributed by atoms with Crippen LogP contribution in [0.15, 0.2) is 0 Å². The Bertz CT molecular complexity index is 577. The highest BCUT2D eigenvalue weighted by atomic mass is 14.7. The van der Waals surface area contributed by atoms with E-state index in [9.17, 15) is 0 Å². The Morgan fingerprint density at radius 1 is 0.800 bits per heavy atom. The number of hydrogen-bond donors (Lipinski definition) is 0. The van der Waals surface area contributed by atoms with Crippen molar-refractivity contribution < 1.29 is 0 Å². The molecule has 8 atom stereocenters. The summed E-state index contributed by atoms with van der Waals surface area (Å²) in [7, 11) is 0. The van der Waals surface area contributed by atoms with Crippen LogP contribution in [0.2, 0.25) is 0 Å². The third kappa shape index (κ3) is 3.53. The molecular formula is C30H54. The summed E-state index contributed by atoms with van der Waals surface area (Å²) in [5, 5.41) is 0. The Hall–Kier alpha value is 0. The van der Waals surface area contributed by atoms with E-state index < -0.39 is 0 Å². The van der Waals surface area contributed by atoms with Gasteiger partial charge in [0.2, 0.25) is 0 Å². The average molecular weight is 415 g/mol. The van der Waals surface area contributed by atoms with Crippen molar-refractivity contribution in [3.63, 3.8) is 0 Å². The molecule has 0 N–H and O–H groups in total. The van der Waals surface area contributed by atoms with E-state index in [1.165, 1.54) is 44.9 Å². The summed E-state index contributed by atoms with van der Waals surface area (Å²) in [6.07, 6.45) is 22.8. The Morgan fingerprint density at radius 3 is 2.27 bits per heavy atom. The Kier molecular flexibility index (Phi) is 6.75. The molecule has 174 valence electrons. The molecule has 0 aromatic heterocycles. The fourth-order valence-corrected chi connectivity index (χ4v) is 10.5. The maximum absolute atomic E-state index is 2.78. The lowest BCUT2D eigenvalue weighted by molar-refractivity contribution is -0.163. The molecule has 4 aliphatic rings. The van der Waals surface area contributed by atoms with E-state index >= 15 is 0 Å². The van der Waals surface area contributed by atoms with Crippen LogP contribution in [0.25, 0.3) is 0 Å². The van der Waals surface area contributed by atoms with Crippen LogP contribution in [-0.4, -0.2) is 0 Å². The third-order valence-corrected chi connectivity index (χ3v) is 12.2. The molecule has 0 aromatic rings. The largest absolute Gasteiger partial charge is 0.0651 e. The molecule has 0 heterocycles. The molecule has 0 radical (unpaired) electrons. The third-order valence-electron chi connectivity index (χ3n) is 12.2. The molecule has 0 aromatic carbocycles. The summed E-state index contributed by atoms with van der Waals surface area (Å²) in [5.74, 6) is 6.06. The van der Waals surface area contributed by atoms with Gasteiger partial charge in [-0.15, -0.1) is 0 Å². The summed E-state index contributed by atoms with van der Waals surface area (Å²) in [6.45, 7) is 15.4. The van der Waals surface area contributed by atoms with Gasteiger partial charge in [-0.05, 0) is 110 Å². The maximum atomic E-state index is 2.78. The van der Waals surface area contributed by atoms with E-state index in [0.29, 0.717) is 16.2 Å². The van der Waals surface area contributed by atoms with Crippen LogP contribution < -0.4 is 0 Å². The van der Waals surface area contributed by atoms with E-state index in [0.717, 1.165) is 35.5 Å². The smallest absolute Gasteiger partial charge is 0.0238 e. The number of hydrogen-bond acceptors (Lipinski definition) is 0. The highest BCUT2D eigenvalue weighted by Crippen LogP contribution is 2.72. The van der Waals surface area contributed by atoms with Gasteiger partial charge in [-0.1, -0.05) is 80.1 Å². The summed E-state index contributed by atoms with van der Waals surface area (Å²) in [4.78, 5) is 0. The molecule has 4 fully saturated rings.